The highest BCUT2D eigenvalue weighted by molar-refractivity contribution is 6.95. The summed E-state index contributed by atoms with van der Waals surface area (Å²) in [6, 6.07) is 0. The minimum atomic E-state index is -0.250. The first-order valence-electron chi connectivity index (χ1n) is 24.3. The summed E-state index contributed by atoms with van der Waals surface area (Å²) in [6.45, 7) is 36.5. The molecule has 0 spiro atoms. The third-order valence-corrected chi connectivity index (χ3v) is 13.8. The Kier molecular flexibility index (Phi) is 28.7. The van der Waals surface area contributed by atoms with E-state index in [2.05, 4.69) is 157 Å². The number of halogens is 2. The van der Waals surface area contributed by atoms with Crippen molar-refractivity contribution in [2.45, 2.75) is 111 Å². The number of guanidine groups is 1. The number of hydrogen-bond donors (Lipinski definition) is 7. The fourth-order valence-electron chi connectivity index (χ4n) is 9.31. The number of benzene rings is 4. The number of anilines is 7. The molecule has 0 saturated carbocycles. The summed E-state index contributed by atoms with van der Waals surface area (Å²) in [7, 11) is 16.4. The Balaban J connectivity index is 0.000000910. The van der Waals surface area contributed by atoms with Crippen LogP contribution in [0.1, 0.15) is 89.0 Å². The molecule has 4 aromatic carbocycles. The predicted molar refractivity (Wildman–Crippen MR) is 322 cm³/mol. The zero-order chi connectivity index (χ0) is 57.1. The van der Waals surface area contributed by atoms with E-state index in [1.165, 1.54) is 95.2 Å². The van der Waals surface area contributed by atoms with E-state index in [0.29, 0.717) is 13.1 Å². The van der Waals surface area contributed by atoms with Gasteiger partial charge in [-0.3, -0.25) is 14.6 Å². The minimum Gasteiger partial charge on any atom is -0.483 e. The molecule has 0 aliphatic carbocycles. The summed E-state index contributed by atoms with van der Waals surface area (Å²) >= 11 is 11.4. The molecule has 15 nitrogen and oxygen atoms in total. The lowest BCUT2D eigenvalue weighted by atomic mass is 9.95. The van der Waals surface area contributed by atoms with Crippen LogP contribution in [-0.2, 0) is 9.59 Å². The SMILES string of the molecule is Cc1c(C)c(N)c(C)c(N(C)C)c1C.Cc1c(C)c(N=C(Cl)Cl)c(C)c(N(C)C)c1C.Cc1c(C)c(NC2=NCCN2)c(C)c(N(C)C)c1C.Cc1c(C)c(NC=O)c(C)c(N(C)C)c1C.NCCN.O=CO. The number of nitrogen functional groups attached to an aromatic ring is 1. The molecule has 0 aromatic heterocycles. The quantitative estimate of drug-likeness (QED) is 0.0475. The molecule has 408 valence electrons. The van der Waals surface area contributed by atoms with Crippen molar-refractivity contribution in [3.8, 4) is 0 Å². The Labute approximate surface area is 450 Å². The fourth-order valence-corrected chi connectivity index (χ4v) is 9.48. The third kappa shape index (κ3) is 17.4. The van der Waals surface area contributed by atoms with E-state index in [1.54, 1.807) is 0 Å². The molecular weight excluding hydrogens is 960 g/mol. The largest absolute Gasteiger partial charge is 0.483 e. The first-order chi connectivity index (χ1) is 33.8. The molecule has 0 atom stereocenters. The second-order valence-electron chi connectivity index (χ2n) is 19.1. The molecular formula is C56H92Cl2N12O3. The van der Waals surface area contributed by atoms with Gasteiger partial charge in [-0.15, -0.1) is 0 Å². The number of carboxylic acid groups (broad SMARTS) is 1. The Bertz CT molecular complexity index is 2550. The van der Waals surface area contributed by atoms with Gasteiger partial charge in [-0.05, 0) is 223 Å². The Morgan fingerprint density at radius 3 is 1.23 bits per heavy atom. The summed E-state index contributed by atoms with van der Waals surface area (Å²) in [5, 5.41) is 16.4. The molecule has 10 N–H and O–H groups in total. The van der Waals surface area contributed by atoms with Gasteiger partial charge in [-0.1, -0.05) is 0 Å². The lowest BCUT2D eigenvalue weighted by Crippen LogP contribution is -2.27. The molecule has 1 aliphatic rings. The highest BCUT2D eigenvalue weighted by Gasteiger charge is 2.20. The number of nitrogens with one attached hydrogen (secondary N) is 3. The van der Waals surface area contributed by atoms with Gasteiger partial charge in [-0.25, -0.2) is 4.99 Å². The van der Waals surface area contributed by atoms with Crippen molar-refractivity contribution in [3.63, 3.8) is 0 Å². The number of nitrogens with two attached hydrogens (primary N) is 3. The summed E-state index contributed by atoms with van der Waals surface area (Å²) in [6.07, 6.45) is 0.740. The van der Waals surface area contributed by atoms with Gasteiger partial charge in [0.25, 0.3) is 6.47 Å². The van der Waals surface area contributed by atoms with Crippen molar-refractivity contribution in [2.75, 3.05) is 119 Å². The summed E-state index contributed by atoms with van der Waals surface area (Å²) < 4.78 is 0.0455. The van der Waals surface area contributed by atoms with Crippen molar-refractivity contribution in [1.82, 2.24) is 5.32 Å². The highest BCUT2D eigenvalue weighted by Crippen LogP contribution is 2.39. The molecule has 17 heteroatoms. The van der Waals surface area contributed by atoms with Crippen molar-refractivity contribution < 1.29 is 14.7 Å². The third-order valence-electron chi connectivity index (χ3n) is 13.6. The van der Waals surface area contributed by atoms with Crippen LogP contribution in [-0.4, -0.2) is 111 Å². The van der Waals surface area contributed by atoms with Gasteiger partial charge in [0.15, 0.2) is 10.6 Å². The smallest absolute Gasteiger partial charge is 0.290 e. The van der Waals surface area contributed by atoms with Crippen LogP contribution in [0.15, 0.2) is 9.98 Å². The molecule has 1 aliphatic heterocycles. The van der Waals surface area contributed by atoms with Crippen LogP contribution in [0.2, 0.25) is 0 Å². The predicted octanol–water partition coefficient (Wildman–Crippen LogP) is 10.5. The Morgan fingerprint density at radius 1 is 0.548 bits per heavy atom. The molecule has 1 amide bonds. The van der Waals surface area contributed by atoms with Gasteiger partial charge in [0.1, 0.15) is 0 Å². The first-order valence-corrected chi connectivity index (χ1v) is 25.1. The van der Waals surface area contributed by atoms with Crippen LogP contribution in [0.25, 0.3) is 0 Å². The van der Waals surface area contributed by atoms with Gasteiger partial charge in [0.2, 0.25) is 6.41 Å². The molecule has 0 bridgehead atoms. The lowest BCUT2D eigenvalue weighted by Gasteiger charge is -2.25. The van der Waals surface area contributed by atoms with Gasteiger partial charge >= 0.3 is 0 Å². The number of nitrogens with zero attached hydrogens (tertiary/aromatic N) is 6. The first kappa shape index (κ1) is 67.3. The number of amides is 1. The summed E-state index contributed by atoms with van der Waals surface area (Å²) in [5.41, 5.74) is 44.5. The van der Waals surface area contributed by atoms with E-state index in [9.17, 15) is 4.79 Å². The molecule has 0 radical (unpaired) electrons. The van der Waals surface area contributed by atoms with Crippen molar-refractivity contribution in [1.29, 1.82) is 0 Å². The summed E-state index contributed by atoms with van der Waals surface area (Å²) in [5.74, 6) is 0.888. The van der Waals surface area contributed by atoms with Gasteiger partial charge in [0, 0.05) is 116 Å². The van der Waals surface area contributed by atoms with Gasteiger partial charge < -0.3 is 57.9 Å². The topological polar surface area (TPSA) is 206 Å². The van der Waals surface area contributed by atoms with Crippen LogP contribution >= 0.6 is 23.2 Å². The lowest BCUT2D eigenvalue weighted by molar-refractivity contribution is -0.122. The van der Waals surface area contributed by atoms with E-state index >= 15 is 0 Å². The second-order valence-corrected chi connectivity index (χ2v) is 20.0. The average molecular weight is 1050 g/mol. The van der Waals surface area contributed by atoms with Crippen LogP contribution < -0.4 is 52.8 Å². The van der Waals surface area contributed by atoms with Gasteiger partial charge in [0.05, 0.1) is 12.2 Å². The van der Waals surface area contributed by atoms with E-state index in [4.69, 9.17) is 50.3 Å². The Hall–Kier alpha value is -5.74. The molecule has 4 aromatic rings. The zero-order valence-electron chi connectivity index (χ0n) is 48.9. The monoisotopic (exact) mass is 1050 g/mol. The number of aliphatic imine (C=N–C) groups is 2. The van der Waals surface area contributed by atoms with E-state index < -0.39 is 0 Å². The van der Waals surface area contributed by atoms with Crippen molar-refractivity contribution in [3.05, 3.63) is 89.0 Å². The van der Waals surface area contributed by atoms with Crippen molar-refractivity contribution in [2.24, 2.45) is 21.5 Å². The molecule has 0 fully saturated rings. The normalized spacial score (nSPS) is 10.9. The summed E-state index contributed by atoms with van der Waals surface area (Å²) in [4.78, 5) is 36.1. The standard InChI is InChI=1S/C15H24N4.C13H18Cl2N2.C13H20N2O.C12H20N2.C2H8N2.CH2O2/c1-9-10(2)13(18-15-16-7-8-17-15)12(4)14(11(9)3)19(5)6;1-7-8(2)11(16-13(14)15)10(4)12(9(7)3)17(5)6;1-8-9(2)12(14-7-16)11(4)13(10(8)3)15(5)6;1-7-8(2)11(13)10(4)12(9(7)3)14(5)6;3-1-2-4;2-1-3/h7-8H2,1-6H3,(H2,16,17,18);1-6H3;7H,1-6H3,(H,14,16);13H2,1-6H3;1-4H2;1H,(H,2,3). The van der Waals surface area contributed by atoms with Gasteiger partial charge in [-0.2, -0.15) is 0 Å². The highest BCUT2D eigenvalue weighted by atomic mass is 35.5. The van der Waals surface area contributed by atoms with Crippen LogP contribution in [0.5, 0.6) is 0 Å². The maximum absolute atomic E-state index is 10.6. The fraction of sp³-hybridized carbons (Fsp3) is 0.500. The molecule has 73 heavy (non-hydrogen) atoms. The number of rotatable bonds is 9. The maximum Gasteiger partial charge on any atom is 0.290 e. The number of carbonyl (C=O) groups is 2. The molecule has 5 rings (SSSR count). The van der Waals surface area contributed by atoms with Crippen LogP contribution in [0.3, 0.4) is 0 Å². The van der Waals surface area contributed by atoms with Crippen LogP contribution in [0.4, 0.5) is 45.5 Å². The van der Waals surface area contributed by atoms with Crippen LogP contribution in [0, 0.1) is 111 Å². The second kappa shape index (κ2) is 31.1. The minimum absolute atomic E-state index is 0.0455. The van der Waals surface area contributed by atoms with E-state index in [-0.39, 0.29) is 11.1 Å². The van der Waals surface area contributed by atoms with E-state index in [1.807, 2.05) is 55.9 Å². The zero-order valence-corrected chi connectivity index (χ0v) is 50.4. The Morgan fingerprint density at radius 2 is 0.890 bits per heavy atom. The molecule has 0 saturated heterocycles. The number of carbonyl (C=O) groups excluding carboxylic acids is 1. The number of hydrogen-bond acceptors (Lipinski definition) is 13. The maximum atomic E-state index is 10.6. The van der Waals surface area contributed by atoms with Crippen molar-refractivity contribution >= 4 is 92.2 Å². The molecule has 1 heterocycles. The van der Waals surface area contributed by atoms with E-state index in [0.717, 1.165) is 64.8 Å². The molecule has 0 unspecified atom stereocenters. The average Bonchev–Trinajstić information content (AvgIpc) is 3.84.